The molecule has 1 atom stereocenters. The molecule has 0 saturated heterocycles. The van der Waals surface area contributed by atoms with Crippen LogP contribution in [0.25, 0.3) is 11.0 Å². The van der Waals surface area contributed by atoms with Crippen LogP contribution in [0, 0.1) is 6.92 Å². The number of H-pyrrole nitrogens is 1. The van der Waals surface area contributed by atoms with Crippen molar-refractivity contribution in [2.45, 2.75) is 25.8 Å². The first-order chi connectivity index (χ1) is 11.5. The Bertz CT molecular complexity index is 1020. The van der Waals surface area contributed by atoms with Gasteiger partial charge >= 0.3 is 6.03 Å². The van der Waals surface area contributed by atoms with Gasteiger partial charge in [0.05, 0.1) is 11.4 Å². The largest absolute Gasteiger partial charge is 0.344 e. The third-order valence-corrected chi connectivity index (χ3v) is 4.65. The maximum atomic E-state index is 12.6. The smallest absolute Gasteiger partial charge is 0.329 e. The SMILES string of the molecule is Cc1cc(Cl)nc2[nH]n(C(=O)N[C@@H]3CCc4ccccc43)c(=O)c12. The molecule has 1 aromatic carbocycles. The number of aryl methyl sites for hydroxylation is 2. The van der Waals surface area contributed by atoms with Crippen molar-refractivity contribution in [3.63, 3.8) is 0 Å². The highest BCUT2D eigenvalue weighted by atomic mass is 35.5. The van der Waals surface area contributed by atoms with Gasteiger partial charge in [0.25, 0.3) is 5.56 Å². The van der Waals surface area contributed by atoms with E-state index in [1.807, 2.05) is 18.2 Å². The Morgan fingerprint density at radius 2 is 2.21 bits per heavy atom. The van der Waals surface area contributed by atoms with Crippen LogP contribution in [0.2, 0.25) is 5.15 Å². The second-order valence-corrected chi connectivity index (χ2v) is 6.36. The van der Waals surface area contributed by atoms with Crippen LogP contribution >= 0.6 is 11.6 Å². The molecular weight excluding hydrogens is 328 g/mol. The Morgan fingerprint density at radius 1 is 1.42 bits per heavy atom. The molecule has 0 fully saturated rings. The van der Waals surface area contributed by atoms with Crippen molar-refractivity contribution in [1.82, 2.24) is 20.1 Å². The lowest BCUT2D eigenvalue weighted by molar-refractivity contribution is 0.235. The molecule has 2 heterocycles. The summed E-state index contributed by atoms with van der Waals surface area (Å²) >= 11 is 5.92. The van der Waals surface area contributed by atoms with Gasteiger partial charge < -0.3 is 5.32 Å². The van der Waals surface area contributed by atoms with E-state index >= 15 is 0 Å². The molecule has 122 valence electrons. The number of aromatic amines is 1. The molecule has 0 saturated carbocycles. The molecule has 0 unspecified atom stereocenters. The van der Waals surface area contributed by atoms with Gasteiger partial charge in [0.1, 0.15) is 5.15 Å². The highest BCUT2D eigenvalue weighted by Gasteiger charge is 2.25. The maximum Gasteiger partial charge on any atom is 0.344 e. The van der Waals surface area contributed by atoms with Crippen LogP contribution in [-0.4, -0.2) is 20.8 Å². The lowest BCUT2D eigenvalue weighted by atomic mass is 10.1. The Kier molecular flexibility index (Phi) is 3.42. The number of carbonyl (C=O) groups excluding carboxylic acids is 1. The minimum atomic E-state index is -0.491. The van der Waals surface area contributed by atoms with Crippen LogP contribution in [0.1, 0.15) is 29.2 Å². The number of hydrogen-bond donors (Lipinski definition) is 2. The molecule has 0 aliphatic heterocycles. The Labute approximate surface area is 142 Å². The van der Waals surface area contributed by atoms with Crippen LogP contribution in [0.3, 0.4) is 0 Å². The topological polar surface area (TPSA) is 79.8 Å². The fourth-order valence-electron chi connectivity index (χ4n) is 3.32. The van der Waals surface area contributed by atoms with Gasteiger partial charge in [-0.2, -0.15) is 4.68 Å². The summed E-state index contributed by atoms with van der Waals surface area (Å²) < 4.78 is 0.960. The fourth-order valence-corrected chi connectivity index (χ4v) is 3.56. The van der Waals surface area contributed by atoms with Gasteiger partial charge in [-0.3, -0.25) is 9.89 Å². The lowest BCUT2D eigenvalue weighted by Crippen LogP contribution is -2.37. The minimum Gasteiger partial charge on any atom is -0.329 e. The van der Waals surface area contributed by atoms with E-state index < -0.39 is 11.6 Å². The van der Waals surface area contributed by atoms with E-state index in [-0.39, 0.29) is 11.2 Å². The zero-order valence-electron chi connectivity index (χ0n) is 13.0. The van der Waals surface area contributed by atoms with E-state index in [0.29, 0.717) is 16.6 Å². The highest BCUT2D eigenvalue weighted by molar-refractivity contribution is 6.29. The van der Waals surface area contributed by atoms with Crippen molar-refractivity contribution in [1.29, 1.82) is 0 Å². The molecule has 4 rings (SSSR count). The van der Waals surface area contributed by atoms with E-state index in [1.54, 1.807) is 13.0 Å². The molecule has 2 N–H and O–H groups in total. The van der Waals surface area contributed by atoms with Gasteiger partial charge in [0.2, 0.25) is 0 Å². The number of aromatic nitrogens is 3. The van der Waals surface area contributed by atoms with Crippen LogP contribution in [0.5, 0.6) is 0 Å². The third-order valence-electron chi connectivity index (χ3n) is 4.45. The van der Waals surface area contributed by atoms with Crippen molar-refractivity contribution in [2.75, 3.05) is 0 Å². The van der Waals surface area contributed by atoms with Crippen molar-refractivity contribution >= 4 is 28.7 Å². The summed E-state index contributed by atoms with van der Waals surface area (Å²) in [6.45, 7) is 1.76. The summed E-state index contributed by atoms with van der Waals surface area (Å²) in [6, 6.07) is 9.03. The number of nitrogens with one attached hydrogen (secondary N) is 2. The Morgan fingerprint density at radius 3 is 3.04 bits per heavy atom. The van der Waals surface area contributed by atoms with Gasteiger partial charge in [-0.1, -0.05) is 35.9 Å². The number of nitrogens with zero attached hydrogens (tertiary/aromatic N) is 2. The molecule has 0 bridgehead atoms. The van der Waals surface area contributed by atoms with E-state index in [4.69, 9.17) is 11.6 Å². The number of rotatable bonds is 1. The normalized spacial score (nSPS) is 16.3. The van der Waals surface area contributed by atoms with Crippen molar-refractivity contribution in [2.24, 2.45) is 0 Å². The van der Waals surface area contributed by atoms with E-state index in [9.17, 15) is 9.59 Å². The summed E-state index contributed by atoms with van der Waals surface area (Å²) in [5.41, 5.74) is 2.91. The molecule has 2 aromatic heterocycles. The molecule has 7 heteroatoms. The molecule has 3 aromatic rings. The summed E-state index contributed by atoms with van der Waals surface area (Å²) in [5, 5.41) is 6.31. The molecule has 1 aliphatic rings. The third kappa shape index (κ3) is 2.30. The molecule has 0 spiro atoms. The van der Waals surface area contributed by atoms with Gasteiger partial charge in [-0.05, 0) is 42.5 Å². The van der Waals surface area contributed by atoms with Gasteiger partial charge in [-0.25, -0.2) is 9.78 Å². The van der Waals surface area contributed by atoms with Crippen molar-refractivity contribution < 1.29 is 4.79 Å². The summed E-state index contributed by atoms with van der Waals surface area (Å²) in [7, 11) is 0. The number of benzene rings is 1. The molecule has 1 amide bonds. The molecule has 1 aliphatic carbocycles. The zero-order chi connectivity index (χ0) is 16.8. The maximum absolute atomic E-state index is 12.6. The van der Waals surface area contributed by atoms with E-state index in [1.165, 1.54) is 5.56 Å². The molecular formula is C17H15ClN4O2. The van der Waals surface area contributed by atoms with Gasteiger partial charge in [0, 0.05) is 0 Å². The number of hydrogen-bond acceptors (Lipinski definition) is 3. The second kappa shape index (κ2) is 5.49. The average Bonchev–Trinajstić information content (AvgIpc) is 3.09. The van der Waals surface area contributed by atoms with Gasteiger partial charge in [-0.15, -0.1) is 0 Å². The van der Waals surface area contributed by atoms with Crippen molar-refractivity contribution in [3.05, 3.63) is 62.5 Å². The van der Waals surface area contributed by atoms with E-state index in [0.717, 1.165) is 23.1 Å². The minimum absolute atomic E-state index is 0.0929. The van der Waals surface area contributed by atoms with Gasteiger partial charge in [0.15, 0.2) is 5.65 Å². The molecule has 24 heavy (non-hydrogen) atoms. The highest BCUT2D eigenvalue weighted by Crippen LogP contribution is 2.30. The first kappa shape index (κ1) is 15.0. The number of pyridine rings is 1. The summed E-state index contributed by atoms with van der Waals surface area (Å²) in [4.78, 5) is 29.1. The number of halogens is 1. The van der Waals surface area contributed by atoms with Crippen LogP contribution in [0.15, 0.2) is 35.1 Å². The lowest BCUT2D eigenvalue weighted by Gasteiger charge is -2.13. The number of amides is 1. The standard InChI is InChI=1S/C17H15ClN4O2/c1-9-8-13(18)20-15-14(9)16(23)22(21-15)17(24)19-12-7-6-10-4-2-3-5-11(10)12/h2-5,8,12H,6-7H2,1H3,(H,19,24)(H,20,21)/t12-/m1/s1. The van der Waals surface area contributed by atoms with Crippen LogP contribution in [-0.2, 0) is 6.42 Å². The van der Waals surface area contributed by atoms with E-state index in [2.05, 4.69) is 21.5 Å². The average molecular weight is 343 g/mol. The summed E-state index contributed by atoms with van der Waals surface area (Å²) in [6.07, 6.45) is 1.74. The second-order valence-electron chi connectivity index (χ2n) is 5.98. The zero-order valence-corrected chi connectivity index (χ0v) is 13.7. The summed E-state index contributed by atoms with van der Waals surface area (Å²) in [5.74, 6) is 0. The molecule has 0 radical (unpaired) electrons. The first-order valence-corrected chi connectivity index (χ1v) is 8.09. The first-order valence-electron chi connectivity index (χ1n) is 7.71. The Balaban J connectivity index is 1.69. The predicted molar refractivity (Wildman–Crippen MR) is 91.5 cm³/mol. The monoisotopic (exact) mass is 342 g/mol. The van der Waals surface area contributed by atoms with Crippen LogP contribution in [0.4, 0.5) is 4.79 Å². The predicted octanol–water partition coefficient (Wildman–Crippen LogP) is 2.93. The van der Waals surface area contributed by atoms with Crippen LogP contribution < -0.4 is 10.9 Å². The number of carbonyl (C=O) groups is 1. The fraction of sp³-hybridized carbons (Fsp3) is 0.235. The molecule has 6 nitrogen and oxygen atoms in total. The quantitative estimate of drug-likeness (QED) is 0.667. The van der Waals surface area contributed by atoms with Crippen molar-refractivity contribution in [3.8, 4) is 0 Å². The Hall–Kier alpha value is -2.60. The number of fused-ring (bicyclic) bond motifs is 2.